The van der Waals surface area contributed by atoms with E-state index in [-0.39, 0.29) is 5.82 Å². The van der Waals surface area contributed by atoms with Gasteiger partial charge in [0.15, 0.2) is 0 Å². The Morgan fingerprint density at radius 1 is 1.14 bits per heavy atom. The first kappa shape index (κ1) is 15.2. The number of halogens is 1. The van der Waals surface area contributed by atoms with E-state index in [9.17, 15) is 4.39 Å². The summed E-state index contributed by atoms with van der Waals surface area (Å²) in [6.45, 7) is 4.25. The molecule has 3 rings (SSSR count). The summed E-state index contributed by atoms with van der Waals surface area (Å²) in [5, 5.41) is 0.977. The third-order valence-electron chi connectivity index (χ3n) is 3.73. The maximum Gasteiger partial charge on any atom is 0.205 e. The summed E-state index contributed by atoms with van der Waals surface area (Å²) < 4.78 is 22.4. The molecule has 1 aliphatic heterocycles. The molecule has 0 bridgehead atoms. The Kier molecular flexibility index (Phi) is 4.84. The number of benzene rings is 1. The molecule has 1 aliphatic rings. The van der Waals surface area contributed by atoms with Crippen LogP contribution in [-0.2, 0) is 11.2 Å². The summed E-state index contributed by atoms with van der Waals surface area (Å²) in [6, 6.07) is 6.68. The molecule has 0 N–H and O–H groups in total. The van der Waals surface area contributed by atoms with Gasteiger partial charge in [-0.1, -0.05) is 0 Å². The van der Waals surface area contributed by atoms with Crippen molar-refractivity contribution in [2.45, 2.75) is 6.42 Å². The molecule has 1 fully saturated rings. The van der Waals surface area contributed by atoms with Gasteiger partial charge < -0.3 is 14.5 Å². The third-order valence-corrected chi connectivity index (χ3v) is 4.54. The second-order valence-corrected chi connectivity index (χ2v) is 5.92. The van der Waals surface area contributed by atoms with Crippen LogP contribution in [-0.4, -0.2) is 49.3 Å². The van der Waals surface area contributed by atoms with Crippen molar-refractivity contribution in [3.63, 3.8) is 0 Å². The highest BCUT2D eigenvalue weighted by Gasteiger charge is 2.20. The second kappa shape index (κ2) is 7.02. The van der Waals surface area contributed by atoms with Gasteiger partial charge in [0.25, 0.3) is 0 Å². The van der Waals surface area contributed by atoms with Gasteiger partial charge in [-0.2, -0.15) is 4.37 Å². The number of piperazine rings is 1. The Labute approximate surface area is 133 Å². The minimum absolute atomic E-state index is 0.195. The van der Waals surface area contributed by atoms with E-state index in [1.807, 2.05) is 12.1 Å². The molecule has 2 heterocycles. The SMILES string of the molecule is COCCc1nsc(N2CCN(c3ccc(F)cc3)CC2)n1. The number of rotatable bonds is 5. The molecule has 0 spiro atoms. The molecule has 7 heteroatoms. The molecule has 118 valence electrons. The number of hydrogen-bond acceptors (Lipinski definition) is 6. The van der Waals surface area contributed by atoms with Gasteiger partial charge in [-0.25, -0.2) is 9.37 Å². The Balaban J connectivity index is 1.57. The van der Waals surface area contributed by atoms with Gasteiger partial charge in [0.1, 0.15) is 11.6 Å². The highest BCUT2D eigenvalue weighted by atomic mass is 32.1. The maximum absolute atomic E-state index is 13.0. The van der Waals surface area contributed by atoms with Crippen molar-refractivity contribution in [2.75, 3.05) is 49.7 Å². The van der Waals surface area contributed by atoms with E-state index < -0.39 is 0 Å². The van der Waals surface area contributed by atoms with Gasteiger partial charge in [0, 0.05) is 56.9 Å². The first-order valence-electron chi connectivity index (χ1n) is 7.33. The third kappa shape index (κ3) is 3.53. The van der Waals surface area contributed by atoms with Gasteiger partial charge in [0.05, 0.1) is 6.61 Å². The minimum Gasteiger partial charge on any atom is -0.384 e. The first-order valence-corrected chi connectivity index (χ1v) is 8.10. The van der Waals surface area contributed by atoms with Crippen LogP contribution < -0.4 is 9.80 Å². The lowest BCUT2D eigenvalue weighted by Crippen LogP contribution is -2.46. The fourth-order valence-corrected chi connectivity index (χ4v) is 3.24. The van der Waals surface area contributed by atoms with Crippen molar-refractivity contribution in [1.29, 1.82) is 0 Å². The summed E-state index contributed by atoms with van der Waals surface area (Å²) >= 11 is 1.45. The summed E-state index contributed by atoms with van der Waals surface area (Å²) in [5.74, 6) is 0.655. The quantitative estimate of drug-likeness (QED) is 0.844. The molecule has 0 amide bonds. The van der Waals surface area contributed by atoms with Crippen molar-refractivity contribution in [3.05, 3.63) is 35.9 Å². The number of ether oxygens (including phenoxy) is 1. The average molecular weight is 322 g/mol. The summed E-state index contributed by atoms with van der Waals surface area (Å²) in [4.78, 5) is 9.09. The van der Waals surface area contributed by atoms with Crippen LogP contribution in [0.15, 0.2) is 24.3 Å². The number of hydrogen-bond donors (Lipinski definition) is 0. The Morgan fingerprint density at radius 2 is 1.82 bits per heavy atom. The van der Waals surface area contributed by atoms with E-state index >= 15 is 0 Å². The standard InChI is InChI=1S/C15H19FN4OS/c1-21-11-6-14-17-15(22-18-14)20-9-7-19(8-10-20)13-4-2-12(16)3-5-13/h2-5H,6-11H2,1H3. The predicted octanol–water partition coefficient (Wildman–Crippen LogP) is 2.19. The van der Waals surface area contributed by atoms with E-state index in [1.54, 1.807) is 7.11 Å². The Bertz CT molecular complexity index is 596. The van der Waals surface area contributed by atoms with Crippen LogP contribution in [0.5, 0.6) is 0 Å². The lowest BCUT2D eigenvalue weighted by molar-refractivity contribution is 0.201. The van der Waals surface area contributed by atoms with E-state index in [1.165, 1.54) is 23.7 Å². The number of nitrogens with zero attached hydrogens (tertiary/aromatic N) is 4. The van der Waals surface area contributed by atoms with Crippen LogP contribution in [0.2, 0.25) is 0 Å². The fraction of sp³-hybridized carbons (Fsp3) is 0.467. The van der Waals surface area contributed by atoms with Crippen molar-refractivity contribution in [1.82, 2.24) is 9.36 Å². The smallest absolute Gasteiger partial charge is 0.205 e. The van der Waals surface area contributed by atoms with E-state index in [0.717, 1.165) is 49.2 Å². The Hall–Kier alpha value is -1.73. The topological polar surface area (TPSA) is 41.5 Å². The molecule has 1 aromatic heterocycles. The zero-order chi connectivity index (χ0) is 15.4. The second-order valence-electron chi connectivity index (χ2n) is 5.19. The fourth-order valence-electron chi connectivity index (χ4n) is 2.48. The van der Waals surface area contributed by atoms with Gasteiger partial charge in [-0.15, -0.1) is 0 Å². The molecule has 2 aromatic rings. The van der Waals surface area contributed by atoms with Crippen molar-refractivity contribution in [2.24, 2.45) is 0 Å². The zero-order valence-corrected chi connectivity index (χ0v) is 13.4. The molecule has 1 saturated heterocycles. The Morgan fingerprint density at radius 3 is 2.50 bits per heavy atom. The van der Waals surface area contributed by atoms with Gasteiger partial charge >= 0.3 is 0 Å². The van der Waals surface area contributed by atoms with Gasteiger partial charge in [-0.3, -0.25) is 0 Å². The average Bonchev–Trinajstić information content (AvgIpc) is 3.03. The molecule has 0 atom stereocenters. The summed E-state index contributed by atoms with van der Waals surface area (Å²) in [7, 11) is 1.68. The van der Waals surface area contributed by atoms with E-state index in [4.69, 9.17) is 4.74 Å². The van der Waals surface area contributed by atoms with Crippen LogP contribution in [0.25, 0.3) is 0 Å². The van der Waals surface area contributed by atoms with Crippen LogP contribution in [0.3, 0.4) is 0 Å². The molecule has 5 nitrogen and oxygen atoms in total. The number of aromatic nitrogens is 2. The summed E-state index contributed by atoms with van der Waals surface area (Å²) in [6.07, 6.45) is 0.753. The minimum atomic E-state index is -0.195. The van der Waals surface area contributed by atoms with Gasteiger partial charge in [-0.05, 0) is 24.3 Å². The molecule has 0 saturated carbocycles. The zero-order valence-electron chi connectivity index (χ0n) is 12.5. The molecular formula is C15H19FN4OS. The number of anilines is 2. The maximum atomic E-state index is 13.0. The molecule has 22 heavy (non-hydrogen) atoms. The first-order chi connectivity index (χ1) is 10.8. The normalized spacial score (nSPS) is 15.4. The highest BCUT2D eigenvalue weighted by molar-refractivity contribution is 7.09. The summed E-state index contributed by atoms with van der Waals surface area (Å²) in [5.41, 5.74) is 1.07. The van der Waals surface area contributed by atoms with Gasteiger partial charge in [0.2, 0.25) is 5.13 Å². The molecular weight excluding hydrogens is 303 g/mol. The lowest BCUT2D eigenvalue weighted by Gasteiger charge is -2.35. The molecule has 0 radical (unpaired) electrons. The predicted molar refractivity (Wildman–Crippen MR) is 86.3 cm³/mol. The van der Waals surface area contributed by atoms with Crippen LogP contribution in [0, 0.1) is 5.82 Å². The van der Waals surface area contributed by atoms with Crippen molar-refractivity contribution >= 4 is 22.4 Å². The van der Waals surface area contributed by atoms with Crippen LogP contribution in [0.1, 0.15) is 5.82 Å². The molecule has 1 aromatic carbocycles. The largest absolute Gasteiger partial charge is 0.384 e. The van der Waals surface area contributed by atoms with Crippen molar-refractivity contribution in [3.8, 4) is 0 Å². The molecule has 0 unspecified atom stereocenters. The van der Waals surface area contributed by atoms with Crippen LogP contribution >= 0.6 is 11.5 Å². The van der Waals surface area contributed by atoms with E-state index in [0.29, 0.717) is 6.61 Å². The highest BCUT2D eigenvalue weighted by Crippen LogP contribution is 2.22. The number of methoxy groups -OCH3 is 1. The van der Waals surface area contributed by atoms with Crippen LogP contribution in [0.4, 0.5) is 15.2 Å². The van der Waals surface area contributed by atoms with Crippen molar-refractivity contribution < 1.29 is 9.13 Å². The monoisotopic (exact) mass is 322 g/mol. The van der Waals surface area contributed by atoms with E-state index in [2.05, 4.69) is 19.2 Å². The molecule has 0 aliphatic carbocycles. The lowest BCUT2D eigenvalue weighted by atomic mass is 10.2.